The molecule has 4 nitrogen and oxygen atoms in total. The van der Waals surface area contributed by atoms with E-state index < -0.39 is 0 Å². The van der Waals surface area contributed by atoms with Crippen molar-refractivity contribution in [2.45, 2.75) is 6.54 Å². The Bertz CT molecular complexity index is 354. The van der Waals surface area contributed by atoms with Crippen LogP contribution in [-0.2, 0) is 11.3 Å². The van der Waals surface area contributed by atoms with Crippen LogP contribution in [0.4, 0.5) is 5.69 Å². The molecule has 0 saturated carbocycles. The molecule has 3 N–H and O–H groups in total. The molecule has 4 heteroatoms. The molecule has 1 amide bonds. The number of anilines is 1. The van der Waals surface area contributed by atoms with Crippen molar-refractivity contribution in [1.29, 1.82) is 5.26 Å². The first-order valence-electron chi connectivity index (χ1n) is 3.75. The smallest absolute Gasteiger partial charge is 0.211 e. The van der Waals surface area contributed by atoms with Gasteiger partial charge in [-0.3, -0.25) is 4.79 Å². The lowest BCUT2D eigenvalue weighted by Gasteiger charge is -2.05. The molecule has 0 aromatic heterocycles. The summed E-state index contributed by atoms with van der Waals surface area (Å²) >= 11 is 0. The van der Waals surface area contributed by atoms with E-state index >= 15 is 0 Å². The number of nitrogens with one attached hydrogen (secondary N) is 1. The molecule has 13 heavy (non-hydrogen) atoms. The van der Waals surface area contributed by atoms with Crippen LogP contribution < -0.4 is 11.1 Å². The minimum Gasteiger partial charge on any atom is -0.328 e. The molecule has 0 aliphatic heterocycles. The van der Waals surface area contributed by atoms with Crippen molar-refractivity contribution in [2.24, 2.45) is 5.73 Å². The van der Waals surface area contributed by atoms with Gasteiger partial charge in [-0.2, -0.15) is 5.26 Å². The normalized spacial score (nSPS) is 8.92. The van der Waals surface area contributed by atoms with Crippen molar-refractivity contribution in [1.82, 2.24) is 0 Å². The van der Waals surface area contributed by atoms with E-state index in [0.717, 1.165) is 5.56 Å². The van der Waals surface area contributed by atoms with Crippen LogP contribution in [-0.4, -0.2) is 6.41 Å². The lowest BCUT2D eigenvalue weighted by molar-refractivity contribution is -0.105. The van der Waals surface area contributed by atoms with E-state index in [9.17, 15) is 4.79 Å². The van der Waals surface area contributed by atoms with Gasteiger partial charge in [0.2, 0.25) is 6.41 Å². The molecule has 0 aliphatic carbocycles. The number of nitriles is 1. The Hall–Kier alpha value is -1.86. The highest BCUT2D eigenvalue weighted by Crippen LogP contribution is 2.15. The number of carbonyl (C=O) groups is 1. The Morgan fingerprint density at radius 3 is 2.92 bits per heavy atom. The zero-order valence-corrected chi connectivity index (χ0v) is 6.95. The number of carbonyl (C=O) groups excluding carboxylic acids is 1. The Labute approximate surface area is 76.0 Å². The Morgan fingerprint density at radius 1 is 1.62 bits per heavy atom. The van der Waals surface area contributed by atoms with Crippen LogP contribution in [0.15, 0.2) is 18.2 Å². The van der Waals surface area contributed by atoms with Gasteiger partial charge in [-0.05, 0) is 17.7 Å². The quantitative estimate of drug-likeness (QED) is 0.659. The largest absolute Gasteiger partial charge is 0.328 e. The highest BCUT2D eigenvalue weighted by molar-refractivity contribution is 5.74. The number of nitrogens with zero attached hydrogens (tertiary/aromatic N) is 1. The number of amides is 1. The molecule has 0 unspecified atom stereocenters. The first kappa shape index (κ1) is 9.23. The van der Waals surface area contributed by atoms with E-state index in [0.29, 0.717) is 24.2 Å². The Morgan fingerprint density at radius 2 is 2.38 bits per heavy atom. The minimum absolute atomic E-state index is 0.335. The summed E-state index contributed by atoms with van der Waals surface area (Å²) in [4.78, 5) is 10.2. The minimum atomic E-state index is 0.335. The van der Waals surface area contributed by atoms with Crippen molar-refractivity contribution >= 4 is 12.1 Å². The zero-order chi connectivity index (χ0) is 9.68. The molecule has 1 aromatic carbocycles. The molecule has 0 atom stereocenters. The molecule has 0 saturated heterocycles. The molecule has 0 bridgehead atoms. The number of hydrogen-bond acceptors (Lipinski definition) is 3. The van der Waals surface area contributed by atoms with Gasteiger partial charge in [-0.1, -0.05) is 6.07 Å². The van der Waals surface area contributed by atoms with Crippen molar-refractivity contribution < 1.29 is 4.79 Å². The van der Waals surface area contributed by atoms with E-state index in [-0.39, 0.29) is 0 Å². The van der Waals surface area contributed by atoms with E-state index in [2.05, 4.69) is 5.32 Å². The fourth-order valence-corrected chi connectivity index (χ4v) is 1.02. The van der Waals surface area contributed by atoms with Gasteiger partial charge in [-0.15, -0.1) is 0 Å². The van der Waals surface area contributed by atoms with E-state index in [1.165, 1.54) is 0 Å². The summed E-state index contributed by atoms with van der Waals surface area (Å²) in [5.41, 5.74) is 7.34. The molecular weight excluding hydrogens is 166 g/mol. The number of benzene rings is 1. The predicted molar refractivity (Wildman–Crippen MR) is 48.7 cm³/mol. The van der Waals surface area contributed by atoms with Crippen molar-refractivity contribution in [3.63, 3.8) is 0 Å². The molecule has 66 valence electrons. The average Bonchev–Trinajstić information content (AvgIpc) is 2.18. The second kappa shape index (κ2) is 4.24. The van der Waals surface area contributed by atoms with Gasteiger partial charge in [0.05, 0.1) is 11.6 Å². The number of rotatable bonds is 3. The second-order valence-electron chi connectivity index (χ2n) is 2.45. The molecule has 1 aromatic rings. The van der Waals surface area contributed by atoms with E-state index in [1.54, 1.807) is 18.2 Å². The fourth-order valence-electron chi connectivity index (χ4n) is 1.02. The third kappa shape index (κ3) is 2.04. The first-order valence-corrected chi connectivity index (χ1v) is 3.75. The summed E-state index contributed by atoms with van der Waals surface area (Å²) in [5, 5.41) is 11.1. The number of hydrogen-bond donors (Lipinski definition) is 2. The summed E-state index contributed by atoms with van der Waals surface area (Å²) in [7, 11) is 0. The molecule has 0 radical (unpaired) electrons. The lowest BCUT2D eigenvalue weighted by Crippen LogP contribution is -2.03. The second-order valence-corrected chi connectivity index (χ2v) is 2.45. The average molecular weight is 175 g/mol. The summed E-state index contributed by atoms with van der Waals surface area (Å²) in [5.74, 6) is 0. The van der Waals surface area contributed by atoms with Crippen LogP contribution in [0, 0.1) is 11.3 Å². The summed E-state index contributed by atoms with van der Waals surface area (Å²) in [6.45, 7) is 0.335. The van der Waals surface area contributed by atoms with Crippen LogP contribution in [0.1, 0.15) is 11.1 Å². The maximum atomic E-state index is 10.2. The summed E-state index contributed by atoms with van der Waals surface area (Å²) < 4.78 is 0. The zero-order valence-electron chi connectivity index (χ0n) is 6.95. The Balaban J connectivity index is 3.11. The standard InChI is InChI=1S/C9H9N3O/c10-4-7-1-2-8(5-11)9(3-7)12-6-13/h1-3,6H,5,11H2,(H,12,13). The van der Waals surface area contributed by atoms with Crippen molar-refractivity contribution in [3.8, 4) is 6.07 Å². The predicted octanol–water partition coefficient (Wildman–Crippen LogP) is 0.585. The topological polar surface area (TPSA) is 78.9 Å². The monoisotopic (exact) mass is 175 g/mol. The van der Waals surface area contributed by atoms with Gasteiger partial charge in [0.1, 0.15) is 0 Å². The summed E-state index contributed by atoms with van der Waals surface area (Å²) in [6.07, 6.45) is 0.565. The molecule has 1 rings (SSSR count). The van der Waals surface area contributed by atoms with Crippen LogP contribution in [0.2, 0.25) is 0 Å². The van der Waals surface area contributed by atoms with Gasteiger partial charge < -0.3 is 11.1 Å². The van der Waals surface area contributed by atoms with Crippen molar-refractivity contribution in [2.75, 3.05) is 5.32 Å². The highest BCUT2D eigenvalue weighted by atomic mass is 16.1. The van der Waals surface area contributed by atoms with Gasteiger partial charge in [-0.25, -0.2) is 0 Å². The molecule has 0 aliphatic rings. The number of nitrogens with two attached hydrogens (primary N) is 1. The Kier molecular flexibility index (Phi) is 3.01. The molecule has 0 spiro atoms. The van der Waals surface area contributed by atoms with Gasteiger partial charge in [0, 0.05) is 12.2 Å². The van der Waals surface area contributed by atoms with Gasteiger partial charge >= 0.3 is 0 Å². The van der Waals surface area contributed by atoms with Crippen LogP contribution in [0.3, 0.4) is 0 Å². The molecule has 0 fully saturated rings. The highest BCUT2D eigenvalue weighted by Gasteiger charge is 2.00. The first-order chi connectivity index (χ1) is 6.31. The van der Waals surface area contributed by atoms with Gasteiger partial charge in [0.25, 0.3) is 0 Å². The third-order valence-electron chi connectivity index (χ3n) is 1.67. The van der Waals surface area contributed by atoms with Gasteiger partial charge in [0.15, 0.2) is 0 Å². The van der Waals surface area contributed by atoms with Crippen molar-refractivity contribution in [3.05, 3.63) is 29.3 Å². The van der Waals surface area contributed by atoms with Crippen LogP contribution >= 0.6 is 0 Å². The maximum Gasteiger partial charge on any atom is 0.211 e. The maximum absolute atomic E-state index is 10.2. The fraction of sp³-hybridized carbons (Fsp3) is 0.111. The summed E-state index contributed by atoms with van der Waals surface area (Å²) in [6, 6.07) is 6.97. The molecular formula is C9H9N3O. The SMILES string of the molecule is N#Cc1ccc(CN)c(NC=O)c1. The van der Waals surface area contributed by atoms with Crippen LogP contribution in [0.5, 0.6) is 0 Å². The third-order valence-corrected chi connectivity index (χ3v) is 1.67. The van der Waals surface area contributed by atoms with Crippen LogP contribution in [0.25, 0.3) is 0 Å². The molecule has 0 heterocycles. The van der Waals surface area contributed by atoms with E-state index in [4.69, 9.17) is 11.0 Å². The van der Waals surface area contributed by atoms with E-state index in [1.807, 2.05) is 6.07 Å². The lowest BCUT2D eigenvalue weighted by atomic mass is 10.1.